The largest absolute Gasteiger partial charge is 0.493 e. The fourth-order valence-corrected chi connectivity index (χ4v) is 2.68. The summed E-state index contributed by atoms with van der Waals surface area (Å²) < 4.78 is 13.2. The number of para-hydroxylation sites is 2. The van der Waals surface area contributed by atoms with Crippen LogP contribution in [-0.2, 0) is 6.54 Å². The number of aromatic nitrogens is 3. The van der Waals surface area contributed by atoms with Crippen LogP contribution in [-0.4, -0.2) is 28.5 Å². The third-order valence-corrected chi connectivity index (χ3v) is 4.23. The first-order valence-corrected chi connectivity index (χ1v) is 8.05. The molecule has 0 N–H and O–H groups in total. The highest BCUT2D eigenvalue weighted by Gasteiger charge is 2.34. The van der Waals surface area contributed by atoms with Crippen LogP contribution in [0.15, 0.2) is 24.3 Å². The van der Waals surface area contributed by atoms with E-state index in [9.17, 15) is 0 Å². The maximum Gasteiger partial charge on any atom is 0.161 e. The molecule has 116 valence electrons. The van der Waals surface area contributed by atoms with Gasteiger partial charge in [0.1, 0.15) is 12.4 Å². The van der Waals surface area contributed by atoms with Crippen molar-refractivity contribution in [2.75, 3.05) is 13.7 Å². The third kappa shape index (κ3) is 2.80. The summed E-state index contributed by atoms with van der Waals surface area (Å²) in [6.45, 7) is 1.32. The Labute approximate surface area is 130 Å². The lowest BCUT2D eigenvalue weighted by Gasteiger charge is -2.11. The molecule has 2 saturated carbocycles. The van der Waals surface area contributed by atoms with E-state index in [4.69, 9.17) is 19.6 Å². The zero-order valence-electron chi connectivity index (χ0n) is 12.9. The minimum Gasteiger partial charge on any atom is -0.493 e. The fourth-order valence-electron chi connectivity index (χ4n) is 2.68. The number of ether oxygens (including phenoxy) is 2. The Balaban J connectivity index is 1.43. The van der Waals surface area contributed by atoms with Crippen LogP contribution in [0, 0.1) is 0 Å². The summed E-state index contributed by atoms with van der Waals surface area (Å²) in [5, 5.41) is 4.70. The molecule has 22 heavy (non-hydrogen) atoms. The van der Waals surface area contributed by atoms with Crippen LogP contribution < -0.4 is 9.47 Å². The van der Waals surface area contributed by atoms with E-state index in [2.05, 4.69) is 4.68 Å². The quantitative estimate of drug-likeness (QED) is 0.788. The molecule has 4 rings (SSSR count). The second-order valence-electron chi connectivity index (χ2n) is 6.10. The molecule has 1 heterocycles. The Morgan fingerprint density at radius 1 is 1.09 bits per heavy atom. The maximum absolute atomic E-state index is 5.86. The highest BCUT2D eigenvalue weighted by Crippen LogP contribution is 2.42. The number of hydrogen-bond acceptors (Lipinski definition) is 4. The van der Waals surface area contributed by atoms with Crippen molar-refractivity contribution in [2.24, 2.45) is 0 Å². The van der Waals surface area contributed by atoms with E-state index in [1.807, 2.05) is 24.3 Å². The molecule has 1 aromatic heterocycles. The van der Waals surface area contributed by atoms with Crippen molar-refractivity contribution in [3.8, 4) is 11.5 Å². The number of hydrogen-bond donors (Lipinski definition) is 0. The number of rotatable bonds is 7. The summed E-state index contributed by atoms with van der Waals surface area (Å²) in [5.41, 5.74) is 0. The summed E-state index contributed by atoms with van der Waals surface area (Å²) in [6, 6.07) is 7.73. The molecule has 2 aliphatic rings. The molecule has 0 atom stereocenters. The van der Waals surface area contributed by atoms with Gasteiger partial charge in [0.25, 0.3) is 0 Å². The van der Waals surface area contributed by atoms with Gasteiger partial charge >= 0.3 is 0 Å². The molecule has 2 fully saturated rings. The van der Waals surface area contributed by atoms with Crippen LogP contribution in [0.25, 0.3) is 0 Å². The molecule has 0 unspecified atom stereocenters. The second-order valence-corrected chi connectivity index (χ2v) is 6.10. The van der Waals surface area contributed by atoms with E-state index in [1.165, 1.54) is 25.7 Å². The lowest BCUT2D eigenvalue weighted by Crippen LogP contribution is -2.12. The first-order valence-electron chi connectivity index (χ1n) is 8.05. The number of benzene rings is 1. The predicted octanol–water partition coefficient (Wildman–Crippen LogP) is 3.12. The Kier molecular flexibility index (Phi) is 3.48. The standard InChI is InChI=1S/C17H21N3O2/c1-21-14-4-2-3-5-15(14)22-11-10-20-17(13-8-9-13)18-16(19-20)12-6-7-12/h2-5,12-13H,6-11H2,1H3. The van der Waals surface area contributed by atoms with Crippen molar-refractivity contribution in [3.05, 3.63) is 35.9 Å². The van der Waals surface area contributed by atoms with Gasteiger partial charge in [0, 0.05) is 11.8 Å². The van der Waals surface area contributed by atoms with Crippen molar-refractivity contribution in [1.82, 2.24) is 14.8 Å². The molecular weight excluding hydrogens is 278 g/mol. The first kappa shape index (κ1) is 13.6. The number of methoxy groups -OCH3 is 1. The van der Waals surface area contributed by atoms with Crippen molar-refractivity contribution < 1.29 is 9.47 Å². The average Bonchev–Trinajstić information content (AvgIpc) is 3.46. The predicted molar refractivity (Wildman–Crippen MR) is 82.5 cm³/mol. The molecular formula is C17H21N3O2. The molecule has 2 aromatic rings. The zero-order valence-corrected chi connectivity index (χ0v) is 12.9. The van der Waals surface area contributed by atoms with Crippen molar-refractivity contribution in [3.63, 3.8) is 0 Å². The van der Waals surface area contributed by atoms with E-state index < -0.39 is 0 Å². The van der Waals surface area contributed by atoms with Gasteiger partial charge in [-0.2, -0.15) is 5.10 Å². The van der Waals surface area contributed by atoms with E-state index in [0.717, 1.165) is 29.7 Å². The minimum atomic E-state index is 0.577. The number of nitrogens with zero attached hydrogens (tertiary/aromatic N) is 3. The molecule has 0 bridgehead atoms. The van der Waals surface area contributed by atoms with Gasteiger partial charge in [-0.3, -0.25) is 0 Å². The Morgan fingerprint density at radius 3 is 2.50 bits per heavy atom. The van der Waals surface area contributed by atoms with Crippen LogP contribution in [0.3, 0.4) is 0 Å². The summed E-state index contributed by atoms with van der Waals surface area (Å²) in [4.78, 5) is 4.77. The van der Waals surface area contributed by atoms with Gasteiger partial charge in [0.2, 0.25) is 0 Å². The Morgan fingerprint density at radius 2 is 1.82 bits per heavy atom. The van der Waals surface area contributed by atoms with Crippen molar-refractivity contribution >= 4 is 0 Å². The molecule has 2 aliphatic carbocycles. The summed E-state index contributed by atoms with van der Waals surface area (Å²) in [7, 11) is 1.66. The lowest BCUT2D eigenvalue weighted by atomic mass is 10.3. The normalized spacial score (nSPS) is 17.5. The van der Waals surface area contributed by atoms with Gasteiger partial charge in [-0.1, -0.05) is 12.1 Å². The van der Waals surface area contributed by atoms with Gasteiger partial charge in [-0.15, -0.1) is 0 Å². The minimum absolute atomic E-state index is 0.577. The summed E-state index contributed by atoms with van der Waals surface area (Å²) in [5.74, 6) is 4.97. The van der Waals surface area contributed by atoms with E-state index in [0.29, 0.717) is 18.4 Å². The van der Waals surface area contributed by atoms with Crippen molar-refractivity contribution in [2.45, 2.75) is 44.1 Å². The molecule has 0 aliphatic heterocycles. The molecule has 0 amide bonds. The topological polar surface area (TPSA) is 49.2 Å². The maximum atomic E-state index is 5.86. The molecule has 1 aromatic carbocycles. The van der Waals surface area contributed by atoms with Gasteiger partial charge in [0.05, 0.1) is 13.7 Å². The lowest BCUT2D eigenvalue weighted by molar-refractivity contribution is 0.272. The van der Waals surface area contributed by atoms with Gasteiger partial charge in [0.15, 0.2) is 17.3 Å². The Hall–Kier alpha value is -2.04. The molecule has 0 radical (unpaired) electrons. The smallest absolute Gasteiger partial charge is 0.161 e. The fraction of sp³-hybridized carbons (Fsp3) is 0.529. The SMILES string of the molecule is COc1ccccc1OCCn1nc(C2CC2)nc1C1CC1. The van der Waals surface area contributed by atoms with Crippen LogP contribution >= 0.6 is 0 Å². The monoisotopic (exact) mass is 299 g/mol. The molecule has 5 nitrogen and oxygen atoms in total. The van der Waals surface area contributed by atoms with Crippen LogP contribution in [0.1, 0.15) is 49.2 Å². The third-order valence-electron chi connectivity index (χ3n) is 4.23. The Bertz CT molecular complexity index is 660. The molecule has 0 saturated heterocycles. The average molecular weight is 299 g/mol. The summed E-state index contributed by atoms with van der Waals surface area (Å²) >= 11 is 0. The van der Waals surface area contributed by atoms with E-state index in [1.54, 1.807) is 7.11 Å². The first-order chi connectivity index (χ1) is 10.8. The molecule has 0 spiro atoms. The van der Waals surface area contributed by atoms with Crippen LogP contribution in [0.5, 0.6) is 11.5 Å². The highest BCUT2D eigenvalue weighted by molar-refractivity contribution is 5.39. The highest BCUT2D eigenvalue weighted by atomic mass is 16.5. The van der Waals surface area contributed by atoms with Crippen molar-refractivity contribution in [1.29, 1.82) is 0 Å². The van der Waals surface area contributed by atoms with E-state index >= 15 is 0 Å². The van der Waals surface area contributed by atoms with Crippen LogP contribution in [0.2, 0.25) is 0 Å². The van der Waals surface area contributed by atoms with E-state index in [-0.39, 0.29) is 0 Å². The van der Waals surface area contributed by atoms with Crippen LogP contribution in [0.4, 0.5) is 0 Å². The van der Waals surface area contributed by atoms with Gasteiger partial charge in [-0.25, -0.2) is 9.67 Å². The zero-order chi connectivity index (χ0) is 14.9. The summed E-state index contributed by atoms with van der Waals surface area (Å²) in [6.07, 6.45) is 4.98. The second kappa shape index (κ2) is 5.63. The van der Waals surface area contributed by atoms with Gasteiger partial charge < -0.3 is 9.47 Å². The molecule has 5 heteroatoms. The van der Waals surface area contributed by atoms with Gasteiger partial charge in [-0.05, 0) is 37.8 Å².